The van der Waals surface area contributed by atoms with Gasteiger partial charge in [-0.05, 0) is 24.3 Å². The third-order valence-electron chi connectivity index (χ3n) is 1.77. The number of ether oxygens (including phenoxy) is 1. The lowest BCUT2D eigenvalue weighted by atomic mass is 10.2. The molecule has 0 unspecified atom stereocenters. The predicted molar refractivity (Wildman–Crippen MR) is 58.3 cm³/mol. The fourth-order valence-corrected chi connectivity index (χ4v) is 1.52. The summed E-state index contributed by atoms with van der Waals surface area (Å²) in [7, 11) is -1.09. The summed E-state index contributed by atoms with van der Waals surface area (Å²) in [5.74, 6) is -1.34. The highest BCUT2D eigenvalue weighted by Crippen LogP contribution is 2.08. The standard InChI is InChI=1S/C10H11NO4S/c1-16(14)8-4-2-7(3-5-8)10(13)15-6-9(11)12/h2-5H,6H2,1H3,(H2,11,12)/t16-/m0/s1. The van der Waals surface area contributed by atoms with Gasteiger partial charge in [0.25, 0.3) is 5.91 Å². The maximum Gasteiger partial charge on any atom is 0.338 e. The summed E-state index contributed by atoms with van der Waals surface area (Å²) >= 11 is 0. The molecule has 1 atom stereocenters. The second-order valence-corrected chi connectivity index (χ2v) is 4.40. The zero-order chi connectivity index (χ0) is 12.1. The van der Waals surface area contributed by atoms with Gasteiger partial charge in [0.05, 0.1) is 5.56 Å². The molecule has 6 heteroatoms. The third kappa shape index (κ3) is 3.47. The summed E-state index contributed by atoms with van der Waals surface area (Å²) in [6.45, 7) is -0.444. The van der Waals surface area contributed by atoms with Crippen LogP contribution in [0.4, 0.5) is 0 Å². The monoisotopic (exact) mass is 241 g/mol. The van der Waals surface area contributed by atoms with Gasteiger partial charge in [0, 0.05) is 22.0 Å². The molecule has 0 spiro atoms. The van der Waals surface area contributed by atoms with Crippen LogP contribution in [-0.2, 0) is 20.3 Å². The quantitative estimate of drug-likeness (QED) is 0.755. The average molecular weight is 241 g/mol. The van der Waals surface area contributed by atoms with E-state index < -0.39 is 29.3 Å². The van der Waals surface area contributed by atoms with E-state index in [9.17, 15) is 13.8 Å². The number of hydrogen-bond acceptors (Lipinski definition) is 4. The van der Waals surface area contributed by atoms with E-state index in [4.69, 9.17) is 5.73 Å². The summed E-state index contributed by atoms with van der Waals surface area (Å²) in [5, 5.41) is 0. The molecule has 1 amide bonds. The van der Waals surface area contributed by atoms with E-state index in [2.05, 4.69) is 4.74 Å². The van der Waals surface area contributed by atoms with E-state index in [-0.39, 0.29) is 5.56 Å². The molecule has 0 radical (unpaired) electrons. The molecule has 1 aromatic rings. The van der Waals surface area contributed by atoms with Crippen LogP contribution in [0.1, 0.15) is 10.4 Å². The number of benzene rings is 1. The lowest BCUT2D eigenvalue weighted by molar-refractivity contribution is -0.121. The summed E-state index contributed by atoms with van der Waals surface area (Å²) in [5.41, 5.74) is 5.11. The van der Waals surface area contributed by atoms with Crippen molar-refractivity contribution < 1.29 is 18.5 Å². The van der Waals surface area contributed by atoms with Gasteiger partial charge in [-0.15, -0.1) is 0 Å². The van der Waals surface area contributed by atoms with Crippen LogP contribution in [0.15, 0.2) is 29.2 Å². The molecular formula is C10H11NO4S. The Balaban J connectivity index is 2.70. The Bertz CT molecular complexity index is 427. The van der Waals surface area contributed by atoms with Crippen molar-refractivity contribution in [2.45, 2.75) is 4.90 Å². The fourth-order valence-electron chi connectivity index (χ4n) is 1.00. The molecule has 0 bridgehead atoms. The van der Waals surface area contributed by atoms with Crippen molar-refractivity contribution in [2.24, 2.45) is 5.73 Å². The van der Waals surface area contributed by atoms with E-state index >= 15 is 0 Å². The van der Waals surface area contributed by atoms with Crippen molar-refractivity contribution in [3.63, 3.8) is 0 Å². The summed E-state index contributed by atoms with van der Waals surface area (Å²) < 4.78 is 15.7. The number of primary amides is 1. The predicted octanol–water partition coefficient (Wildman–Crippen LogP) is 0.0661. The molecule has 0 aliphatic rings. The largest absolute Gasteiger partial charge is 0.452 e. The number of rotatable bonds is 4. The number of esters is 1. The fraction of sp³-hybridized carbons (Fsp3) is 0.200. The van der Waals surface area contributed by atoms with Crippen LogP contribution >= 0.6 is 0 Å². The lowest BCUT2D eigenvalue weighted by Gasteiger charge is -2.02. The maximum absolute atomic E-state index is 11.3. The van der Waals surface area contributed by atoms with Crippen LogP contribution < -0.4 is 5.73 Å². The minimum atomic E-state index is -1.09. The van der Waals surface area contributed by atoms with Crippen molar-refractivity contribution in [1.29, 1.82) is 0 Å². The molecule has 1 rings (SSSR count). The molecule has 0 aliphatic heterocycles. The summed E-state index contributed by atoms with van der Waals surface area (Å²) in [6, 6.07) is 6.11. The van der Waals surface area contributed by atoms with Gasteiger partial charge in [0.15, 0.2) is 6.61 Å². The Morgan fingerprint density at radius 3 is 2.31 bits per heavy atom. The first kappa shape index (κ1) is 12.4. The van der Waals surface area contributed by atoms with E-state index in [0.29, 0.717) is 4.90 Å². The second-order valence-electron chi connectivity index (χ2n) is 3.02. The molecule has 0 fully saturated rings. The van der Waals surface area contributed by atoms with E-state index in [0.717, 1.165) is 0 Å². The van der Waals surface area contributed by atoms with Crippen molar-refractivity contribution >= 4 is 22.7 Å². The van der Waals surface area contributed by atoms with Gasteiger partial charge < -0.3 is 10.5 Å². The minimum Gasteiger partial charge on any atom is -0.452 e. The highest BCUT2D eigenvalue weighted by atomic mass is 32.2. The van der Waals surface area contributed by atoms with E-state index in [1.807, 2.05) is 0 Å². The van der Waals surface area contributed by atoms with Crippen molar-refractivity contribution in [3.8, 4) is 0 Å². The third-order valence-corrected chi connectivity index (χ3v) is 2.70. The maximum atomic E-state index is 11.3. The molecule has 1 aromatic carbocycles. The summed E-state index contributed by atoms with van der Waals surface area (Å²) in [4.78, 5) is 22.3. The van der Waals surface area contributed by atoms with Crippen LogP contribution in [0.25, 0.3) is 0 Å². The van der Waals surface area contributed by atoms with Crippen LogP contribution in [0, 0.1) is 0 Å². The molecule has 0 saturated carbocycles. The average Bonchev–Trinajstić information content (AvgIpc) is 2.26. The SMILES string of the molecule is C[S@](=O)c1ccc(C(=O)OCC(N)=O)cc1. The number of amides is 1. The van der Waals surface area contributed by atoms with Crippen LogP contribution in [-0.4, -0.2) is 28.9 Å². The molecule has 0 heterocycles. The number of nitrogens with two attached hydrogens (primary N) is 1. The molecule has 5 nitrogen and oxygen atoms in total. The van der Waals surface area contributed by atoms with Gasteiger partial charge in [-0.1, -0.05) is 0 Å². The molecular weight excluding hydrogens is 230 g/mol. The van der Waals surface area contributed by atoms with Gasteiger partial charge in [-0.3, -0.25) is 9.00 Å². The Labute approximate surface area is 95.0 Å². The Morgan fingerprint density at radius 2 is 1.88 bits per heavy atom. The molecule has 0 aliphatic carbocycles. The zero-order valence-electron chi connectivity index (χ0n) is 8.64. The Morgan fingerprint density at radius 1 is 1.31 bits per heavy atom. The first-order valence-electron chi connectivity index (χ1n) is 4.39. The first-order chi connectivity index (χ1) is 7.50. The number of carbonyl (C=O) groups is 2. The van der Waals surface area contributed by atoms with Crippen LogP contribution in [0.2, 0.25) is 0 Å². The van der Waals surface area contributed by atoms with Gasteiger partial charge in [0.2, 0.25) is 0 Å². The van der Waals surface area contributed by atoms with Gasteiger partial charge in [-0.2, -0.15) is 0 Å². The van der Waals surface area contributed by atoms with Gasteiger partial charge in [-0.25, -0.2) is 4.79 Å². The molecule has 0 saturated heterocycles. The van der Waals surface area contributed by atoms with Crippen LogP contribution in [0.3, 0.4) is 0 Å². The Kier molecular flexibility index (Phi) is 4.19. The highest BCUT2D eigenvalue weighted by molar-refractivity contribution is 7.84. The molecule has 0 aromatic heterocycles. The van der Waals surface area contributed by atoms with Crippen LogP contribution in [0.5, 0.6) is 0 Å². The van der Waals surface area contributed by atoms with E-state index in [1.165, 1.54) is 12.1 Å². The Hall–Kier alpha value is -1.69. The highest BCUT2D eigenvalue weighted by Gasteiger charge is 2.08. The number of carbonyl (C=O) groups excluding carboxylic acids is 2. The van der Waals surface area contributed by atoms with Crippen molar-refractivity contribution in [1.82, 2.24) is 0 Å². The minimum absolute atomic E-state index is 0.287. The molecule has 86 valence electrons. The normalized spacial score (nSPS) is 11.8. The zero-order valence-corrected chi connectivity index (χ0v) is 9.45. The number of hydrogen-bond donors (Lipinski definition) is 1. The lowest BCUT2D eigenvalue weighted by Crippen LogP contribution is -2.20. The van der Waals surface area contributed by atoms with E-state index in [1.54, 1.807) is 18.4 Å². The second kappa shape index (κ2) is 5.41. The van der Waals surface area contributed by atoms with Crippen molar-refractivity contribution in [3.05, 3.63) is 29.8 Å². The first-order valence-corrected chi connectivity index (χ1v) is 5.95. The van der Waals surface area contributed by atoms with Crippen molar-refractivity contribution in [2.75, 3.05) is 12.9 Å². The van der Waals surface area contributed by atoms with Gasteiger partial charge in [0.1, 0.15) is 0 Å². The topological polar surface area (TPSA) is 86.5 Å². The summed E-state index contributed by atoms with van der Waals surface area (Å²) in [6.07, 6.45) is 1.54. The van der Waals surface area contributed by atoms with Gasteiger partial charge >= 0.3 is 5.97 Å². The molecule has 16 heavy (non-hydrogen) atoms. The molecule has 2 N–H and O–H groups in total. The smallest absolute Gasteiger partial charge is 0.338 e.